The number of carbonyl (C=O) groups excluding carboxylic acids is 3. The molecule has 83 heavy (non-hydrogen) atoms. The molecule has 16 rings (SSSR count). The molecule has 0 unspecified atom stereocenters. The Morgan fingerprint density at radius 1 is 0.494 bits per heavy atom. The van der Waals surface area contributed by atoms with Gasteiger partial charge in [-0.15, -0.1) is 0 Å². The van der Waals surface area contributed by atoms with Crippen molar-refractivity contribution in [3.05, 3.63) is 144 Å². The third kappa shape index (κ3) is 8.47. The summed E-state index contributed by atoms with van der Waals surface area (Å²) in [6, 6.07) is 40.2. The zero-order valence-corrected chi connectivity index (χ0v) is 50.0. The lowest BCUT2D eigenvalue weighted by molar-refractivity contribution is -0.149. The molecule has 8 aliphatic carbocycles. The lowest BCUT2D eigenvalue weighted by atomic mass is 9.47. The first-order valence-corrected chi connectivity index (χ1v) is 32.7. The number of Topliss-reactive ketones (excluding diaryl/α,β-unsaturated/α-hetero) is 2. The van der Waals surface area contributed by atoms with Crippen molar-refractivity contribution in [2.24, 2.45) is 69.0 Å². The topological polar surface area (TPSA) is 80.7 Å². The molecule has 6 fully saturated rings. The van der Waals surface area contributed by atoms with Gasteiger partial charge in [-0.1, -0.05) is 160 Å². The van der Waals surface area contributed by atoms with Crippen LogP contribution in [-0.2, 0) is 32.0 Å². The molecule has 14 atom stereocenters. The number of hydrogen-bond acceptors (Lipinski definition) is 5. The summed E-state index contributed by atoms with van der Waals surface area (Å²) in [7, 11) is 0. The van der Waals surface area contributed by atoms with Crippen molar-refractivity contribution >= 4 is 82.2 Å². The Balaban J connectivity index is 0.000000143. The molecule has 8 aromatic carbocycles. The van der Waals surface area contributed by atoms with E-state index in [0.29, 0.717) is 54.0 Å². The summed E-state index contributed by atoms with van der Waals surface area (Å²) >= 11 is 0. The van der Waals surface area contributed by atoms with Crippen LogP contribution in [-0.4, -0.2) is 34.9 Å². The highest BCUT2D eigenvalue weighted by molar-refractivity contribution is 6.24. The molecule has 0 amide bonds. The largest absolute Gasteiger partial charge is 0.462 e. The van der Waals surface area contributed by atoms with Crippen LogP contribution in [0.25, 0.3) is 64.6 Å². The van der Waals surface area contributed by atoms with Gasteiger partial charge in [0, 0.05) is 38.0 Å². The van der Waals surface area contributed by atoms with Crippen LogP contribution in [0.15, 0.2) is 132 Å². The number of aliphatic hydroxyl groups is 1. The van der Waals surface area contributed by atoms with E-state index in [0.717, 1.165) is 83.0 Å². The van der Waals surface area contributed by atoms with Gasteiger partial charge >= 0.3 is 5.97 Å². The van der Waals surface area contributed by atoms with Gasteiger partial charge in [0.25, 0.3) is 0 Å². The molecule has 0 heterocycles. The third-order valence-corrected chi connectivity index (χ3v) is 25.7. The number of benzene rings is 8. The number of rotatable bonds is 9. The van der Waals surface area contributed by atoms with Crippen LogP contribution in [0.4, 0.5) is 0 Å². The van der Waals surface area contributed by atoms with Gasteiger partial charge in [0.15, 0.2) is 0 Å². The minimum atomic E-state index is -0.154. The Morgan fingerprint density at radius 2 is 0.964 bits per heavy atom. The predicted octanol–water partition coefficient (Wildman–Crippen LogP) is 18.6. The summed E-state index contributed by atoms with van der Waals surface area (Å²) in [4.78, 5) is 39.7. The van der Waals surface area contributed by atoms with E-state index >= 15 is 0 Å². The standard InChI is InChI=1S/C41H46O3.C37H40O2/c1-25(42)44-31-20-22-40(2)30(24-31)15-17-33-34-18-19-36(41(34,3)23-21-35(33)40)37(43)9-5-6-26-10-11-29-13-12-27-7-4-8-28-14-16-32(26)39(29)38(27)28;1-36-18-16-27(38)21-26(36)11-13-29-30-14-15-32(37(30,2)19-17-31(29)36)33(39)20-25-9-8-24-7-6-22-4-3-5-23-10-12-28(25)35(24)34(22)23/h4,7-8,10-16,31,33-36H,5-6,9,17-24H2,1-3H3;3-12,27,29-32,38H,13-21H2,1-2H3/t31-,33-,34-,35-,36+,40-,41-;27-,29-,30-,31-,32+,36-,37-/m00/s1. The van der Waals surface area contributed by atoms with Crippen LogP contribution < -0.4 is 0 Å². The van der Waals surface area contributed by atoms with E-state index in [1.807, 2.05) is 0 Å². The van der Waals surface area contributed by atoms with Gasteiger partial charge in [-0.2, -0.15) is 0 Å². The quantitative estimate of drug-likeness (QED) is 0.0885. The van der Waals surface area contributed by atoms with Crippen LogP contribution in [0.3, 0.4) is 0 Å². The van der Waals surface area contributed by atoms with Crippen molar-refractivity contribution in [2.75, 3.05) is 0 Å². The summed E-state index contributed by atoms with van der Waals surface area (Å²) in [6.07, 6.45) is 25.7. The first-order valence-electron chi connectivity index (χ1n) is 32.7. The number of aryl methyl sites for hydroxylation is 1. The molecule has 0 bridgehead atoms. The Morgan fingerprint density at radius 3 is 1.52 bits per heavy atom. The maximum atomic E-state index is 14.2. The Kier molecular flexibility index (Phi) is 13.0. The molecule has 8 aliphatic rings. The van der Waals surface area contributed by atoms with E-state index in [9.17, 15) is 19.5 Å². The Labute approximate surface area is 491 Å². The van der Waals surface area contributed by atoms with E-state index in [4.69, 9.17) is 4.74 Å². The summed E-state index contributed by atoms with van der Waals surface area (Å²) in [5.41, 5.74) is 6.39. The molecule has 0 spiro atoms. The SMILES string of the molecule is CC(=O)O[C@H]1CC[C@@]2(C)C(=CC[C@H]3[C@@H]4CC[C@H](C(=O)CCCc5ccc6ccc7cccc8ccc5c6c78)[C@@]4(C)CC[C@@H]32)C1.C[C@]12CC[C@H]3[C@@H](CC=C4C[C@@H](O)CC[C@@]43C)[C@@H]1CC[C@@H]2C(=O)Cc1ccc2ccc3cccc4ccc1c2c34. The van der Waals surface area contributed by atoms with E-state index in [2.05, 4.69) is 149 Å². The zero-order valence-electron chi connectivity index (χ0n) is 50.0. The minimum absolute atomic E-state index is 0.0482. The summed E-state index contributed by atoms with van der Waals surface area (Å²) < 4.78 is 5.64. The van der Waals surface area contributed by atoms with Gasteiger partial charge in [-0.25, -0.2) is 0 Å². The summed E-state index contributed by atoms with van der Waals surface area (Å²) in [5.74, 6) is 5.31. The van der Waals surface area contributed by atoms with Gasteiger partial charge in [0.1, 0.15) is 17.7 Å². The number of carbonyl (C=O) groups is 3. The maximum absolute atomic E-state index is 14.2. The third-order valence-electron chi connectivity index (χ3n) is 25.7. The highest BCUT2D eigenvalue weighted by Crippen LogP contribution is 2.68. The monoisotopic (exact) mass is 1100 g/mol. The summed E-state index contributed by atoms with van der Waals surface area (Å²) in [6.45, 7) is 11.5. The van der Waals surface area contributed by atoms with Crippen LogP contribution in [0.2, 0.25) is 0 Å². The smallest absolute Gasteiger partial charge is 0.302 e. The predicted molar refractivity (Wildman–Crippen MR) is 339 cm³/mol. The van der Waals surface area contributed by atoms with Gasteiger partial charge in [0.2, 0.25) is 0 Å². The van der Waals surface area contributed by atoms with Crippen molar-refractivity contribution in [1.82, 2.24) is 0 Å². The highest BCUT2D eigenvalue weighted by Gasteiger charge is 2.61. The van der Waals surface area contributed by atoms with E-state index in [1.54, 1.807) is 0 Å². The normalized spacial score (nSPS) is 34.5. The first-order chi connectivity index (χ1) is 40.1. The minimum Gasteiger partial charge on any atom is -0.462 e. The van der Waals surface area contributed by atoms with Crippen molar-refractivity contribution in [3.63, 3.8) is 0 Å². The lowest BCUT2D eigenvalue weighted by Gasteiger charge is -2.58. The van der Waals surface area contributed by atoms with Gasteiger partial charge in [0.05, 0.1) is 6.10 Å². The fraction of sp³-hybridized carbons (Fsp3) is 0.500. The van der Waals surface area contributed by atoms with Crippen molar-refractivity contribution < 1.29 is 24.2 Å². The lowest BCUT2D eigenvalue weighted by Crippen LogP contribution is -2.51. The van der Waals surface area contributed by atoms with Gasteiger partial charge < -0.3 is 9.84 Å². The van der Waals surface area contributed by atoms with Crippen LogP contribution in [0.5, 0.6) is 0 Å². The molecule has 5 nitrogen and oxygen atoms in total. The number of ether oxygens (including phenoxy) is 1. The average molecular weight is 1100 g/mol. The van der Waals surface area contributed by atoms with Crippen LogP contribution in [0, 0.1) is 69.0 Å². The second-order valence-corrected chi connectivity index (χ2v) is 29.4. The molecular weight excluding hydrogens is 1020 g/mol. The van der Waals surface area contributed by atoms with Crippen molar-refractivity contribution in [1.29, 1.82) is 0 Å². The number of allylic oxidation sites excluding steroid dienone is 2. The van der Waals surface area contributed by atoms with Gasteiger partial charge in [-0.05, 0) is 242 Å². The van der Waals surface area contributed by atoms with Crippen molar-refractivity contribution in [2.45, 2.75) is 175 Å². The second kappa shape index (κ2) is 20.1. The highest BCUT2D eigenvalue weighted by atomic mass is 16.5. The van der Waals surface area contributed by atoms with Gasteiger partial charge in [-0.3, -0.25) is 14.4 Å². The summed E-state index contributed by atoms with van der Waals surface area (Å²) in [5, 5.41) is 26.1. The van der Waals surface area contributed by atoms with E-state index in [1.165, 1.54) is 132 Å². The molecule has 0 aliphatic heterocycles. The number of esters is 1. The van der Waals surface area contributed by atoms with E-state index < -0.39 is 0 Å². The molecule has 0 aromatic heterocycles. The number of fused-ring (bicyclic) bond motifs is 10. The molecule has 1 N–H and O–H groups in total. The maximum Gasteiger partial charge on any atom is 0.302 e. The Hall–Kier alpha value is -5.91. The van der Waals surface area contributed by atoms with Crippen LogP contribution in [0.1, 0.15) is 161 Å². The molecule has 0 saturated heterocycles. The van der Waals surface area contributed by atoms with Crippen LogP contribution >= 0.6 is 0 Å². The number of ketones is 2. The first kappa shape index (κ1) is 53.8. The molecule has 428 valence electrons. The van der Waals surface area contributed by atoms with Crippen molar-refractivity contribution in [3.8, 4) is 0 Å². The Bertz CT molecular complexity index is 3920. The second-order valence-electron chi connectivity index (χ2n) is 29.4. The average Bonchev–Trinajstić information content (AvgIpc) is 2.20. The molecule has 6 saturated carbocycles. The fourth-order valence-electron chi connectivity index (χ4n) is 21.6. The fourth-order valence-corrected chi connectivity index (χ4v) is 21.6. The molecule has 8 aromatic rings. The number of aliphatic hydroxyl groups excluding tert-OH is 1. The molecular formula is C78H86O5. The molecule has 0 radical (unpaired) electrons. The zero-order chi connectivity index (χ0) is 56.7. The van der Waals surface area contributed by atoms with E-state index in [-0.39, 0.29) is 51.7 Å². The molecule has 5 heteroatoms. The number of hydrogen-bond donors (Lipinski definition) is 1.